The highest BCUT2D eigenvalue weighted by atomic mass is 15.2. The van der Waals surface area contributed by atoms with Crippen LogP contribution in [0.25, 0.3) is 0 Å². The van der Waals surface area contributed by atoms with Gasteiger partial charge in [0.05, 0.1) is 0 Å². The van der Waals surface area contributed by atoms with Crippen molar-refractivity contribution >= 4 is 0 Å². The molecular formula is C11H21N. The quantitative estimate of drug-likeness (QED) is 0.624. The van der Waals surface area contributed by atoms with E-state index in [1.807, 2.05) is 0 Å². The molecule has 2 atom stereocenters. The van der Waals surface area contributed by atoms with Gasteiger partial charge in [0.25, 0.3) is 0 Å². The lowest BCUT2D eigenvalue weighted by atomic mass is 10.1. The minimum atomic E-state index is 0.879. The van der Waals surface area contributed by atoms with Crippen molar-refractivity contribution in [2.75, 3.05) is 13.1 Å². The molecule has 0 unspecified atom stereocenters. The highest BCUT2D eigenvalue weighted by Crippen LogP contribution is 2.37. The highest BCUT2D eigenvalue weighted by molar-refractivity contribution is 4.91. The molecule has 0 aromatic rings. The van der Waals surface area contributed by atoms with Gasteiger partial charge in [-0.2, -0.15) is 0 Å². The standard InChI is InChI=1S/C11H21N/c1-9(2)5-6-12-8-10-3-4-11(12)7-10/h9-11H,3-8H2,1-2H3/t10-,11+/m1/s1. The van der Waals surface area contributed by atoms with Gasteiger partial charge in [-0.25, -0.2) is 0 Å². The second kappa shape index (κ2) is 3.37. The normalized spacial score (nSPS) is 35.2. The van der Waals surface area contributed by atoms with Crippen LogP contribution in [0.4, 0.5) is 0 Å². The Kier molecular flexibility index (Phi) is 2.40. The van der Waals surface area contributed by atoms with Crippen molar-refractivity contribution in [3.05, 3.63) is 0 Å². The smallest absolute Gasteiger partial charge is 0.00985 e. The highest BCUT2D eigenvalue weighted by Gasteiger charge is 2.36. The van der Waals surface area contributed by atoms with Crippen molar-refractivity contribution < 1.29 is 0 Å². The molecule has 0 N–H and O–H groups in total. The van der Waals surface area contributed by atoms with Gasteiger partial charge in [-0.1, -0.05) is 13.8 Å². The first kappa shape index (κ1) is 8.55. The average Bonchev–Trinajstić information content (AvgIpc) is 2.60. The summed E-state index contributed by atoms with van der Waals surface area (Å²) in [6.07, 6.45) is 5.91. The van der Waals surface area contributed by atoms with Gasteiger partial charge < -0.3 is 4.90 Å². The molecule has 2 fully saturated rings. The minimum Gasteiger partial charge on any atom is -0.300 e. The maximum absolute atomic E-state index is 2.73. The Bertz CT molecular complexity index is 153. The topological polar surface area (TPSA) is 3.24 Å². The fraction of sp³-hybridized carbons (Fsp3) is 1.00. The summed E-state index contributed by atoms with van der Waals surface area (Å²) < 4.78 is 0. The molecule has 0 radical (unpaired) electrons. The van der Waals surface area contributed by atoms with Gasteiger partial charge in [0.15, 0.2) is 0 Å². The molecule has 1 saturated heterocycles. The summed E-state index contributed by atoms with van der Waals surface area (Å²) in [7, 11) is 0. The molecule has 1 heteroatoms. The summed E-state index contributed by atoms with van der Waals surface area (Å²) >= 11 is 0. The van der Waals surface area contributed by atoms with Crippen LogP contribution in [0.2, 0.25) is 0 Å². The van der Waals surface area contributed by atoms with Crippen molar-refractivity contribution in [1.82, 2.24) is 4.90 Å². The summed E-state index contributed by atoms with van der Waals surface area (Å²) in [4.78, 5) is 2.73. The molecule has 1 heterocycles. The number of piperidine rings is 1. The summed E-state index contributed by atoms with van der Waals surface area (Å²) in [5, 5.41) is 0. The monoisotopic (exact) mass is 167 g/mol. The van der Waals surface area contributed by atoms with Crippen LogP contribution >= 0.6 is 0 Å². The number of hydrogen-bond donors (Lipinski definition) is 0. The lowest BCUT2D eigenvalue weighted by Gasteiger charge is -2.27. The molecule has 0 spiro atoms. The van der Waals surface area contributed by atoms with Crippen LogP contribution in [0.3, 0.4) is 0 Å². The molecule has 2 rings (SSSR count). The van der Waals surface area contributed by atoms with Crippen LogP contribution in [0, 0.1) is 11.8 Å². The van der Waals surface area contributed by atoms with Crippen molar-refractivity contribution in [3.63, 3.8) is 0 Å². The third-order valence-corrected chi connectivity index (χ3v) is 3.52. The zero-order valence-corrected chi connectivity index (χ0v) is 8.42. The molecule has 70 valence electrons. The predicted molar refractivity (Wildman–Crippen MR) is 52.2 cm³/mol. The zero-order valence-electron chi connectivity index (χ0n) is 8.42. The van der Waals surface area contributed by atoms with Crippen LogP contribution in [0.1, 0.15) is 39.5 Å². The fourth-order valence-electron chi connectivity index (χ4n) is 2.72. The van der Waals surface area contributed by atoms with Crippen molar-refractivity contribution in [2.45, 2.75) is 45.6 Å². The first-order valence-corrected chi connectivity index (χ1v) is 5.49. The zero-order chi connectivity index (χ0) is 8.55. The van der Waals surface area contributed by atoms with E-state index in [4.69, 9.17) is 0 Å². The van der Waals surface area contributed by atoms with Gasteiger partial charge in [-0.15, -0.1) is 0 Å². The van der Waals surface area contributed by atoms with Gasteiger partial charge in [0.2, 0.25) is 0 Å². The third-order valence-electron chi connectivity index (χ3n) is 3.52. The minimum absolute atomic E-state index is 0.879. The van der Waals surface area contributed by atoms with Crippen LogP contribution in [0.15, 0.2) is 0 Å². The maximum Gasteiger partial charge on any atom is 0.00985 e. The Balaban J connectivity index is 1.76. The van der Waals surface area contributed by atoms with E-state index in [1.165, 1.54) is 38.8 Å². The van der Waals surface area contributed by atoms with Crippen molar-refractivity contribution in [2.24, 2.45) is 11.8 Å². The number of hydrogen-bond acceptors (Lipinski definition) is 1. The molecule has 12 heavy (non-hydrogen) atoms. The number of fused-ring (bicyclic) bond motifs is 2. The van der Waals surface area contributed by atoms with E-state index < -0.39 is 0 Å². The summed E-state index contributed by atoms with van der Waals surface area (Å²) in [6.45, 7) is 7.43. The first-order chi connectivity index (χ1) is 5.75. The molecule has 1 aliphatic carbocycles. The molecular weight excluding hydrogens is 146 g/mol. The third kappa shape index (κ3) is 1.66. The maximum atomic E-state index is 2.73. The number of rotatable bonds is 3. The largest absolute Gasteiger partial charge is 0.300 e. The van der Waals surface area contributed by atoms with E-state index in [0.29, 0.717) is 0 Å². The van der Waals surface area contributed by atoms with E-state index in [9.17, 15) is 0 Å². The van der Waals surface area contributed by atoms with E-state index in [0.717, 1.165) is 17.9 Å². The first-order valence-electron chi connectivity index (χ1n) is 5.49. The van der Waals surface area contributed by atoms with Crippen LogP contribution < -0.4 is 0 Å². The Morgan fingerprint density at radius 3 is 2.67 bits per heavy atom. The molecule has 0 aromatic heterocycles. The van der Waals surface area contributed by atoms with E-state index in [1.54, 1.807) is 0 Å². The summed E-state index contributed by atoms with van der Waals surface area (Å²) in [6, 6.07) is 0.980. The van der Waals surface area contributed by atoms with Crippen molar-refractivity contribution in [1.29, 1.82) is 0 Å². The molecule has 1 nitrogen and oxygen atoms in total. The Labute approximate surface area is 76.1 Å². The van der Waals surface area contributed by atoms with Crippen LogP contribution in [-0.4, -0.2) is 24.0 Å². The SMILES string of the molecule is CC(C)CCN1C[C@@H]2CC[C@H]1C2. The fourth-order valence-corrected chi connectivity index (χ4v) is 2.72. The van der Waals surface area contributed by atoms with Gasteiger partial charge in [-0.05, 0) is 44.1 Å². The molecule has 2 aliphatic rings. The molecule has 2 bridgehead atoms. The number of likely N-dealkylation sites (tertiary alicyclic amines) is 1. The molecule has 0 amide bonds. The Morgan fingerprint density at radius 2 is 2.17 bits per heavy atom. The van der Waals surface area contributed by atoms with E-state index in [2.05, 4.69) is 18.7 Å². The Morgan fingerprint density at radius 1 is 1.33 bits per heavy atom. The average molecular weight is 167 g/mol. The van der Waals surface area contributed by atoms with E-state index >= 15 is 0 Å². The Hall–Kier alpha value is -0.0400. The molecule has 1 saturated carbocycles. The van der Waals surface area contributed by atoms with Gasteiger partial charge in [-0.3, -0.25) is 0 Å². The molecule has 0 aromatic carbocycles. The lowest BCUT2D eigenvalue weighted by molar-refractivity contribution is 0.203. The van der Waals surface area contributed by atoms with Crippen LogP contribution in [0.5, 0.6) is 0 Å². The predicted octanol–water partition coefficient (Wildman–Crippen LogP) is 2.52. The van der Waals surface area contributed by atoms with E-state index in [-0.39, 0.29) is 0 Å². The number of nitrogens with zero attached hydrogens (tertiary/aromatic N) is 1. The summed E-state index contributed by atoms with van der Waals surface area (Å²) in [5.74, 6) is 1.95. The second-order valence-electron chi connectivity index (χ2n) is 5.01. The molecule has 1 aliphatic heterocycles. The van der Waals surface area contributed by atoms with Crippen LogP contribution in [-0.2, 0) is 0 Å². The van der Waals surface area contributed by atoms with Gasteiger partial charge in [0.1, 0.15) is 0 Å². The van der Waals surface area contributed by atoms with Gasteiger partial charge >= 0.3 is 0 Å². The van der Waals surface area contributed by atoms with Crippen molar-refractivity contribution in [3.8, 4) is 0 Å². The second-order valence-corrected chi connectivity index (χ2v) is 5.01. The van der Waals surface area contributed by atoms with Gasteiger partial charge in [0, 0.05) is 12.6 Å². The summed E-state index contributed by atoms with van der Waals surface area (Å²) in [5.41, 5.74) is 0. The lowest BCUT2D eigenvalue weighted by Crippen LogP contribution is -2.33.